The van der Waals surface area contributed by atoms with Crippen LogP contribution in [-0.4, -0.2) is 53.4 Å². The summed E-state index contributed by atoms with van der Waals surface area (Å²) in [6.07, 6.45) is -0.263. The van der Waals surface area contributed by atoms with Gasteiger partial charge in [0.2, 0.25) is 5.91 Å². The first-order valence-corrected chi connectivity index (χ1v) is 8.03. The fourth-order valence-electron chi connectivity index (χ4n) is 2.23. The van der Waals surface area contributed by atoms with Gasteiger partial charge in [0.25, 0.3) is 0 Å². The van der Waals surface area contributed by atoms with E-state index in [9.17, 15) is 14.0 Å². The molecule has 0 aliphatic carbocycles. The summed E-state index contributed by atoms with van der Waals surface area (Å²) >= 11 is 1.30. The average molecular weight is 327 g/mol. The number of nitrogens with zero attached hydrogens (tertiary/aromatic N) is 1. The fourth-order valence-corrected chi connectivity index (χ4v) is 3.11. The highest BCUT2D eigenvalue weighted by atomic mass is 32.2. The molecule has 22 heavy (non-hydrogen) atoms. The monoisotopic (exact) mass is 327 g/mol. The number of amides is 1. The minimum atomic E-state index is -0.936. The maximum absolute atomic E-state index is 13.5. The molecule has 0 spiro atoms. The van der Waals surface area contributed by atoms with Crippen LogP contribution in [0.15, 0.2) is 29.2 Å². The Kier molecular flexibility index (Phi) is 6.21. The molecule has 7 heteroatoms. The van der Waals surface area contributed by atoms with Gasteiger partial charge < -0.3 is 14.7 Å². The number of benzene rings is 1. The van der Waals surface area contributed by atoms with Crippen LogP contribution in [-0.2, 0) is 14.3 Å². The molecule has 1 fully saturated rings. The lowest BCUT2D eigenvalue weighted by atomic mass is 10.2. The predicted molar refractivity (Wildman–Crippen MR) is 80.3 cm³/mol. The summed E-state index contributed by atoms with van der Waals surface area (Å²) in [4.78, 5) is 25.0. The number of aliphatic carboxylic acids is 1. The number of hydrogen-bond acceptors (Lipinski definition) is 4. The number of morpholine rings is 1. The van der Waals surface area contributed by atoms with Crippen LogP contribution in [0.2, 0.25) is 0 Å². The van der Waals surface area contributed by atoms with Gasteiger partial charge in [0.05, 0.1) is 19.1 Å². The molecule has 0 bridgehead atoms. The Bertz CT molecular complexity index is 540. The van der Waals surface area contributed by atoms with E-state index in [0.29, 0.717) is 36.8 Å². The molecule has 1 unspecified atom stereocenters. The topological polar surface area (TPSA) is 66.8 Å². The van der Waals surface area contributed by atoms with Crippen molar-refractivity contribution in [1.29, 1.82) is 0 Å². The number of thioether (sulfide) groups is 1. The third-order valence-electron chi connectivity index (χ3n) is 3.30. The van der Waals surface area contributed by atoms with Crippen molar-refractivity contribution in [3.05, 3.63) is 30.1 Å². The molecule has 1 aromatic carbocycles. The van der Waals surface area contributed by atoms with Crippen molar-refractivity contribution in [2.45, 2.75) is 23.8 Å². The molecule has 1 saturated heterocycles. The molecule has 0 saturated carbocycles. The molecule has 1 heterocycles. The summed E-state index contributed by atoms with van der Waals surface area (Å²) in [7, 11) is 0. The van der Waals surface area contributed by atoms with E-state index < -0.39 is 12.1 Å². The summed E-state index contributed by atoms with van der Waals surface area (Å²) < 4.78 is 18.8. The van der Waals surface area contributed by atoms with Crippen molar-refractivity contribution in [3.63, 3.8) is 0 Å². The molecule has 120 valence electrons. The maximum Gasteiger partial charge on any atom is 0.306 e. The zero-order valence-electron chi connectivity index (χ0n) is 12.0. The molecular formula is C15H18FNO4S. The van der Waals surface area contributed by atoms with Crippen molar-refractivity contribution >= 4 is 23.6 Å². The number of rotatable bonds is 6. The van der Waals surface area contributed by atoms with Crippen LogP contribution in [0.5, 0.6) is 0 Å². The van der Waals surface area contributed by atoms with Crippen LogP contribution >= 0.6 is 11.8 Å². The van der Waals surface area contributed by atoms with E-state index in [1.54, 1.807) is 23.1 Å². The Morgan fingerprint density at radius 1 is 1.41 bits per heavy atom. The maximum atomic E-state index is 13.5. The number of halogens is 1. The van der Waals surface area contributed by atoms with Gasteiger partial charge in [-0.15, -0.1) is 11.8 Å². The van der Waals surface area contributed by atoms with Crippen LogP contribution in [0.3, 0.4) is 0 Å². The Labute approximate surface area is 132 Å². The van der Waals surface area contributed by atoms with Gasteiger partial charge in [0.1, 0.15) is 5.82 Å². The first-order valence-electron chi connectivity index (χ1n) is 7.05. The molecule has 1 aliphatic heterocycles. The van der Waals surface area contributed by atoms with Crippen LogP contribution in [0.4, 0.5) is 4.39 Å². The van der Waals surface area contributed by atoms with Gasteiger partial charge in [0, 0.05) is 30.2 Å². The third-order valence-corrected chi connectivity index (χ3v) is 4.35. The number of carbonyl (C=O) groups excluding carboxylic acids is 1. The zero-order chi connectivity index (χ0) is 15.9. The lowest BCUT2D eigenvalue weighted by Crippen LogP contribution is -2.46. The highest BCUT2D eigenvalue weighted by Gasteiger charge is 2.25. The molecule has 1 aliphatic rings. The number of carbonyl (C=O) groups is 2. The number of carboxylic acids is 1. The minimum Gasteiger partial charge on any atom is -0.481 e. The van der Waals surface area contributed by atoms with Crippen LogP contribution in [0.25, 0.3) is 0 Å². The van der Waals surface area contributed by atoms with Gasteiger partial charge >= 0.3 is 5.97 Å². The van der Waals surface area contributed by atoms with Gasteiger partial charge in [-0.05, 0) is 12.1 Å². The SMILES string of the molecule is O=C(O)CC1CN(C(=O)CCSc2ccccc2F)CCO1. The lowest BCUT2D eigenvalue weighted by molar-refractivity contribution is -0.147. The van der Waals surface area contributed by atoms with Crippen molar-refractivity contribution < 1.29 is 23.8 Å². The second-order valence-electron chi connectivity index (χ2n) is 4.96. The molecule has 1 aromatic rings. The molecule has 5 nitrogen and oxygen atoms in total. The van der Waals surface area contributed by atoms with Crippen LogP contribution in [0, 0.1) is 5.82 Å². The summed E-state index contributed by atoms with van der Waals surface area (Å²) in [5.74, 6) is -0.787. The Hall–Kier alpha value is -1.60. The quantitative estimate of drug-likeness (QED) is 0.810. The van der Waals surface area contributed by atoms with Gasteiger partial charge in [-0.2, -0.15) is 0 Å². The minimum absolute atomic E-state index is 0.0532. The van der Waals surface area contributed by atoms with E-state index in [-0.39, 0.29) is 18.1 Å². The Balaban J connectivity index is 1.77. The zero-order valence-corrected chi connectivity index (χ0v) is 12.9. The average Bonchev–Trinajstić information content (AvgIpc) is 2.48. The first kappa shape index (κ1) is 16.8. The molecule has 1 atom stereocenters. The highest BCUT2D eigenvalue weighted by Crippen LogP contribution is 2.22. The molecule has 1 N–H and O–H groups in total. The standard InChI is InChI=1S/C15H18FNO4S/c16-12-3-1-2-4-13(12)22-8-5-14(18)17-6-7-21-11(10-17)9-15(19)20/h1-4,11H,5-10H2,(H,19,20). The summed E-state index contributed by atoms with van der Waals surface area (Å²) in [5, 5.41) is 8.76. The van der Waals surface area contributed by atoms with E-state index in [2.05, 4.69) is 0 Å². The molecule has 2 rings (SSSR count). The van der Waals surface area contributed by atoms with E-state index in [1.807, 2.05) is 0 Å². The number of hydrogen-bond donors (Lipinski definition) is 1. The smallest absolute Gasteiger partial charge is 0.306 e. The number of ether oxygens (including phenoxy) is 1. The first-order chi connectivity index (χ1) is 10.6. The van der Waals surface area contributed by atoms with E-state index in [4.69, 9.17) is 9.84 Å². The second-order valence-corrected chi connectivity index (χ2v) is 6.10. The molecule has 1 amide bonds. The van der Waals surface area contributed by atoms with Crippen LogP contribution in [0.1, 0.15) is 12.8 Å². The second kappa shape index (κ2) is 8.14. The van der Waals surface area contributed by atoms with Crippen LogP contribution < -0.4 is 0 Å². The lowest BCUT2D eigenvalue weighted by Gasteiger charge is -2.32. The van der Waals surface area contributed by atoms with Gasteiger partial charge in [-0.25, -0.2) is 4.39 Å². The predicted octanol–water partition coefficient (Wildman–Crippen LogP) is 2.01. The van der Waals surface area contributed by atoms with Gasteiger partial charge in [0.15, 0.2) is 0 Å². The number of carboxylic acid groups (broad SMARTS) is 1. The largest absolute Gasteiger partial charge is 0.481 e. The summed E-state index contributed by atoms with van der Waals surface area (Å²) in [5.41, 5.74) is 0. The normalized spacial score (nSPS) is 18.2. The van der Waals surface area contributed by atoms with Crippen molar-refractivity contribution in [1.82, 2.24) is 4.90 Å². The molecule has 0 radical (unpaired) electrons. The van der Waals surface area contributed by atoms with E-state index in [0.717, 1.165) is 0 Å². The fraction of sp³-hybridized carbons (Fsp3) is 0.467. The van der Waals surface area contributed by atoms with Crippen molar-refractivity contribution in [2.24, 2.45) is 0 Å². The highest BCUT2D eigenvalue weighted by molar-refractivity contribution is 7.99. The molecule has 0 aromatic heterocycles. The summed E-state index contributed by atoms with van der Waals surface area (Å²) in [6.45, 7) is 1.12. The van der Waals surface area contributed by atoms with E-state index >= 15 is 0 Å². The van der Waals surface area contributed by atoms with Crippen molar-refractivity contribution in [3.8, 4) is 0 Å². The third kappa shape index (κ3) is 4.99. The molecular weight excluding hydrogens is 309 g/mol. The summed E-state index contributed by atoms with van der Waals surface area (Å²) in [6, 6.07) is 6.46. The van der Waals surface area contributed by atoms with Crippen molar-refractivity contribution in [2.75, 3.05) is 25.4 Å². The Morgan fingerprint density at radius 2 is 2.18 bits per heavy atom. The van der Waals surface area contributed by atoms with E-state index in [1.165, 1.54) is 17.8 Å². The van der Waals surface area contributed by atoms with Gasteiger partial charge in [-0.3, -0.25) is 9.59 Å². The Morgan fingerprint density at radius 3 is 2.91 bits per heavy atom. The van der Waals surface area contributed by atoms with Gasteiger partial charge in [-0.1, -0.05) is 12.1 Å².